The van der Waals surface area contributed by atoms with Crippen molar-refractivity contribution >= 4 is 11.9 Å². The number of amides is 1. The van der Waals surface area contributed by atoms with Crippen molar-refractivity contribution in [2.75, 3.05) is 20.1 Å². The minimum atomic E-state index is -0.521. The van der Waals surface area contributed by atoms with Crippen LogP contribution in [0.4, 0.5) is 0 Å². The summed E-state index contributed by atoms with van der Waals surface area (Å²) < 4.78 is 0. The van der Waals surface area contributed by atoms with E-state index in [1.807, 2.05) is 0 Å². The molecule has 0 radical (unpaired) electrons. The summed E-state index contributed by atoms with van der Waals surface area (Å²) in [6.07, 6.45) is 12.0. The molecule has 1 saturated carbocycles. The molecule has 3 fully saturated rings. The molecule has 3 N–H and O–H groups in total. The number of carbonyl (C=O) groups is 1. The average Bonchev–Trinajstić information content (AvgIpc) is 2.79. The Balaban J connectivity index is 1.67. The molecule has 0 bridgehead atoms. The molecule has 2 atom stereocenters. The van der Waals surface area contributed by atoms with Crippen molar-refractivity contribution in [2.45, 2.75) is 69.7 Å². The molecule has 5 heteroatoms. The molecule has 3 aliphatic rings. The van der Waals surface area contributed by atoms with Gasteiger partial charge in [0, 0.05) is 7.05 Å². The fourth-order valence-electron chi connectivity index (χ4n) is 4.71. The first-order chi connectivity index (χ1) is 11.1. The van der Waals surface area contributed by atoms with Crippen LogP contribution in [-0.2, 0) is 4.79 Å². The normalized spacial score (nSPS) is 33.1. The van der Waals surface area contributed by atoms with Gasteiger partial charge in [0.2, 0.25) is 0 Å². The topological polar surface area (TPSA) is 68.2 Å². The van der Waals surface area contributed by atoms with E-state index in [2.05, 4.69) is 10.6 Å². The van der Waals surface area contributed by atoms with Crippen molar-refractivity contribution in [1.82, 2.24) is 15.5 Å². The predicted molar refractivity (Wildman–Crippen MR) is 92.4 cm³/mol. The number of hydrogen-bond acceptors (Lipinski definition) is 3. The van der Waals surface area contributed by atoms with E-state index < -0.39 is 5.54 Å². The monoisotopic (exact) mass is 320 g/mol. The van der Waals surface area contributed by atoms with E-state index in [4.69, 9.17) is 5.41 Å². The van der Waals surface area contributed by atoms with E-state index >= 15 is 0 Å². The highest BCUT2D eigenvalue weighted by Gasteiger charge is 2.49. The second-order valence-corrected chi connectivity index (χ2v) is 7.88. The predicted octanol–water partition coefficient (Wildman–Crippen LogP) is 2.47. The lowest BCUT2D eigenvalue weighted by Crippen LogP contribution is -2.50. The van der Waals surface area contributed by atoms with Gasteiger partial charge in [0.1, 0.15) is 5.54 Å². The molecule has 2 aliphatic heterocycles. The fraction of sp³-hybridized carbons (Fsp3) is 0.889. The first-order valence-electron chi connectivity index (χ1n) is 9.46. The third-order valence-electron chi connectivity index (χ3n) is 6.15. The molecule has 2 saturated heterocycles. The molecule has 5 nitrogen and oxygen atoms in total. The Hall–Kier alpha value is -1.10. The lowest BCUT2D eigenvalue weighted by molar-refractivity contribution is -0.131. The zero-order chi connectivity index (χ0) is 16.3. The van der Waals surface area contributed by atoms with Crippen LogP contribution in [0.15, 0.2) is 0 Å². The minimum Gasteiger partial charge on any atom is -0.342 e. The molecule has 0 aromatic carbocycles. The summed E-state index contributed by atoms with van der Waals surface area (Å²) in [5.74, 6) is 1.72. The fourth-order valence-corrected chi connectivity index (χ4v) is 4.71. The summed E-state index contributed by atoms with van der Waals surface area (Å²) >= 11 is 0. The van der Waals surface area contributed by atoms with Crippen molar-refractivity contribution in [3.63, 3.8) is 0 Å². The number of carbonyl (C=O) groups excluding carboxylic acids is 1. The number of nitrogens with one attached hydrogen (secondary N) is 3. The van der Waals surface area contributed by atoms with E-state index in [9.17, 15) is 4.79 Å². The Morgan fingerprint density at radius 3 is 2.52 bits per heavy atom. The van der Waals surface area contributed by atoms with Gasteiger partial charge in [0.05, 0.1) is 0 Å². The van der Waals surface area contributed by atoms with Crippen LogP contribution in [0.3, 0.4) is 0 Å². The third kappa shape index (κ3) is 3.70. The van der Waals surface area contributed by atoms with Crippen molar-refractivity contribution < 1.29 is 4.79 Å². The molecule has 23 heavy (non-hydrogen) atoms. The average molecular weight is 320 g/mol. The molecule has 0 aromatic rings. The Labute approximate surface area is 140 Å². The molecule has 3 rings (SSSR count). The van der Waals surface area contributed by atoms with Crippen LogP contribution in [0.5, 0.6) is 0 Å². The lowest BCUT2D eigenvalue weighted by Gasteiger charge is -2.34. The Kier molecular flexibility index (Phi) is 5.24. The molecular formula is C18H32N4O. The first kappa shape index (κ1) is 16.7. The number of likely N-dealkylation sites (N-methyl/N-ethyl adjacent to an activating group) is 1. The van der Waals surface area contributed by atoms with Crippen LogP contribution in [0.1, 0.15) is 64.2 Å². The highest BCUT2D eigenvalue weighted by Crippen LogP contribution is 2.35. The lowest BCUT2D eigenvalue weighted by atomic mass is 9.77. The number of hydrogen-bond donors (Lipinski definition) is 3. The Morgan fingerprint density at radius 2 is 1.91 bits per heavy atom. The Morgan fingerprint density at radius 1 is 1.17 bits per heavy atom. The van der Waals surface area contributed by atoms with E-state index in [0.717, 1.165) is 38.3 Å². The van der Waals surface area contributed by atoms with Gasteiger partial charge in [-0.25, -0.2) is 0 Å². The van der Waals surface area contributed by atoms with Gasteiger partial charge in [-0.05, 0) is 57.0 Å². The molecule has 1 amide bonds. The maximum Gasteiger partial charge on any atom is 0.254 e. The molecule has 0 spiro atoms. The number of rotatable bonds is 5. The zero-order valence-corrected chi connectivity index (χ0v) is 14.5. The number of guanidine groups is 1. The van der Waals surface area contributed by atoms with E-state index in [1.54, 1.807) is 7.05 Å². The van der Waals surface area contributed by atoms with Gasteiger partial charge in [0.25, 0.3) is 5.91 Å². The van der Waals surface area contributed by atoms with Gasteiger partial charge >= 0.3 is 0 Å². The van der Waals surface area contributed by atoms with Crippen molar-refractivity contribution in [3.8, 4) is 0 Å². The number of piperidine rings is 1. The van der Waals surface area contributed by atoms with E-state index in [0.29, 0.717) is 5.92 Å². The summed E-state index contributed by atoms with van der Waals surface area (Å²) in [6, 6.07) is 0. The van der Waals surface area contributed by atoms with Crippen LogP contribution in [-0.4, -0.2) is 42.4 Å². The quantitative estimate of drug-likeness (QED) is 0.729. The summed E-state index contributed by atoms with van der Waals surface area (Å²) in [4.78, 5) is 14.4. The minimum absolute atomic E-state index is 0.115. The third-order valence-corrected chi connectivity index (χ3v) is 6.15. The SMILES string of the molecule is CN1C(=N)N[C@](CCC2CCCCC2)(CC2CCCNC2)C1=O. The standard InChI is InChI=1S/C18H32N4O/c1-22-16(23)18(21-17(22)19,12-15-8-5-11-20-13-15)10-9-14-6-3-2-4-7-14/h14-15,20H,2-13H2,1H3,(H2,19,21)/t15?,18-/m1/s1. The van der Waals surface area contributed by atoms with Gasteiger partial charge < -0.3 is 10.6 Å². The molecule has 0 aromatic heterocycles. The Bertz CT molecular complexity index is 440. The zero-order valence-electron chi connectivity index (χ0n) is 14.5. The highest BCUT2D eigenvalue weighted by molar-refractivity contribution is 6.07. The smallest absolute Gasteiger partial charge is 0.254 e. The molecule has 2 heterocycles. The van der Waals surface area contributed by atoms with Crippen LogP contribution < -0.4 is 10.6 Å². The molecule has 1 unspecified atom stereocenters. The first-order valence-corrected chi connectivity index (χ1v) is 9.46. The van der Waals surface area contributed by atoms with Gasteiger partial charge in [-0.3, -0.25) is 15.1 Å². The van der Waals surface area contributed by atoms with E-state index in [-0.39, 0.29) is 11.9 Å². The molecule has 130 valence electrons. The van der Waals surface area contributed by atoms with Crippen molar-refractivity contribution in [1.29, 1.82) is 5.41 Å². The summed E-state index contributed by atoms with van der Waals surface area (Å²) in [7, 11) is 1.74. The second kappa shape index (κ2) is 7.20. The number of nitrogens with zero attached hydrogens (tertiary/aromatic N) is 1. The van der Waals surface area contributed by atoms with Gasteiger partial charge in [-0.2, -0.15) is 0 Å². The van der Waals surface area contributed by atoms with Crippen molar-refractivity contribution in [2.24, 2.45) is 11.8 Å². The van der Waals surface area contributed by atoms with Crippen LogP contribution >= 0.6 is 0 Å². The largest absolute Gasteiger partial charge is 0.342 e. The van der Waals surface area contributed by atoms with Gasteiger partial charge in [0.15, 0.2) is 5.96 Å². The van der Waals surface area contributed by atoms with Crippen molar-refractivity contribution in [3.05, 3.63) is 0 Å². The summed E-state index contributed by atoms with van der Waals surface area (Å²) in [6.45, 7) is 2.11. The van der Waals surface area contributed by atoms with Gasteiger partial charge in [-0.1, -0.05) is 32.1 Å². The van der Waals surface area contributed by atoms with Crippen LogP contribution in [0.25, 0.3) is 0 Å². The summed E-state index contributed by atoms with van der Waals surface area (Å²) in [5.41, 5.74) is -0.521. The molecular weight excluding hydrogens is 288 g/mol. The maximum absolute atomic E-state index is 12.9. The maximum atomic E-state index is 12.9. The van der Waals surface area contributed by atoms with Crippen LogP contribution in [0, 0.1) is 17.2 Å². The van der Waals surface area contributed by atoms with E-state index in [1.165, 1.54) is 49.8 Å². The summed E-state index contributed by atoms with van der Waals surface area (Å²) in [5, 5.41) is 14.8. The molecule has 1 aliphatic carbocycles. The highest BCUT2D eigenvalue weighted by atomic mass is 16.2. The van der Waals surface area contributed by atoms with Crippen LogP contribution in [0.2, 0.25) is 0 Å². The second-order valence-electron chi connectivity index (χ2n) is 7.88. The van der Waals surface area contributed by atoms with Gasteiger partial charge in [-0.15, -0.1) is 0 Å².